The highest BCUT2D eigenvalue weighted by Crippen LogP contribution is 1.97. The number of carbonyl (C=O) groups is 3. The molecule has 100 valence electrons. The molecule has 0 saturated carbocycles. The average Bonchev–Trinajstić information content (AvgIpc) is 2.27. The smallest absolute Gasteiger partial charge is 0.326 e. The summed E-state index contributed by atoms with van der Waals surface area (Å²) in [5.74, 6) is -0.426. The minimum atomic E-state index is -1.47. The number of rotatable bonds is 7. The highest BCUT2D eigenvalue weighted by Gasteiger charge is 2.24. The molecule has 0 aromatic carbocycles. The SMILES string of the molecule is C#CCN(CCC)C(=O)NC(CC(=O)O)C(=O)O. The minimum Gasteiger partial charge on any atom is -0.481 e. The Morgan fingerprint density at radius 1 is 1.39 bits per heavy atom. The van der Waals surface area contributed by atoms with E-state index >= 15 is 0 Å². The maximum absolute atomic E-state index is 11.7. The minimum absolute atomic E-state index is 0.0408. The summed E-state index contributed by atoms with van der Waals surface area (Å²) in [5.41, 5.74) is 0. The molecule has 1 atom stereocenters. The third-order valence-electron chi connectivity index (χ3n) is 2.04. The Hall–Kier alpha value is -2.23. The second-order valence-electron chi connectivity index (χ2n) is 3.56. The van der Waals surface area contributed by atoms with Crippen LogP contribution in [-0.4, -0.2) is 52.2 Å². The molecule has 2 amide bonds. The standard InChI is InChI=1S/C11H16N2O5/c1-3-5-13(6-4-2)11(18)12-8(10(16)17)7-9(14)15/h1,8H,4-7H2,2H3,(H,12,18)(H,14,15)(H,16,17). The van der Waals surface area contributed by atoms with Crippen LogP contribution in [0, 0.1) is 12.3 Å². The van der Waals surface area contributed by atoms with Gasteiger partial charge >= 0.3 is 18.0 Å². The molecule has 0 aliphatic rings. The van der Waals surface area contributed by atoms with E-state index < -0.39 is 30.4 Å². The van der Waals surface area contributed by atoms with E-state index in [-0.39, 0.29) is 6.54 Å². The van der Waals surface area contributed by atoms with Gasteiger partial charge in [-0.25, -0.2) is 9.59 Å². The van der Waals surface area contributed by atoms with Gasteiger partial charge in [0.2, 0.25) is 0 Å². The fraction of sp³-hybridized carbons (Fsp3) is 0.545. The zero-order valence-corrected chi connectivity index (χ0v) is 10.0. The van der Waals surface area contributed by atoms with Crippen molar-refractivity contribution in [2.45, 2.75) is 25.8 Å². The van der Waals surface area contributed by atoms with Crippen LogP contribution in [0.5, 0.6) is 0 Å². The zero-order chi connectivity index (χ0) is 14.1. The molecule has 0 bridgehead atoms. The van der Waals surface area contributed by atoms with Crippen molar-refractivity contribution in [3.63, 3.8) is 0 Å². The number of nitrogens with zero attached hydrogens (tertiary/aromatic N) is 1. The molecule has 1 unspecified atom stereocenters. The Morgan fingerprint density at radius 3 is 2.39 bits per heavy atom. The van der Waals surface area contributed by atoms with Gasteiger partial charge in [0.05, 0.1) is 13.0 Å². The van der Waals surface area contributed by atoms with Gasteiger partial charge < -0.3 is 20.4 Å². The first-order valence-corrected chi connectivity index (χ1v) is 5.35. The molecule has 0 radical (unpaired) electrons. The molecule has 0 fully saturated rings. The van der Waals surface area contributed by atoms with Crippen LogP contribution in [0.4, 0.5) is 4.79 Å². The van der Waals surface area contributed by atoms with E-state index in [0.717, 1.165) is 0 Å². The molecule has 0 aliphatic carbocycles. The number of carboxylic acid groups (broad SMARTS) is 2. The number of carbonyl (C=O) groups excluding carboxylic acids is 1. The third kappa shape index (κ3) is 5.75. The van der Waals surface area contributed by atoms with Crippen molar-refractivity contribution in [1.82, 2.24) is 10.2 Å². The van der Waals surface area contributed by atoms with Crippen molar-refractivity contribution in [2.24, 2.45) is 0 Å². The summed E-state index contributed by atoms with van der Waals surface area (Å²) in [6.07, 6.45) is 5.06. The number of hydrogen-bond acceptors (Lipinski definition) is 3. The molecule has 7 heteroatoms. The van der Waals surface area contributed by atoms with Gasteiger partial charge in [-0.3, -0.25) is 4.79 Å². The molecule has 3 N–H and O–H groups in total. The van der Waals surface area contributed by atoms with Gasteiger partial charge in [-0.2, -0.15) is 0 Å². The lowest BCUT2D eigenvalue weighted by molar-refractivity contribution is -0.145. The second kappa shape index (κ2) is 7.95. The highest BCUT2D eigenvalue weighted by atomic mass is 16.4. The topological polar surface area (TPSA) is 107 Å². The summed E-state index contributed by atoms with van der Waals surface area (Å²) in [4.78, 5) is 34.2. The predicted molar refractivity (Wildman–Crippen MR) is 62.9 cm³/mol. The first-order valence-electron chi connectivity index (χ1n) is 5.35. The van der Waals surface area contributed by atoms with Gasteiger partial charge in [0, 0.05) is 6.54 Å². The maximum Gasteiger partial charge on any atom is 0.326 e. The summed E-state index contributed by atoms with van der Waals surface area (Å²) >= 11 is 0. The Morgan fingerprint density at radius 2 is 2.00 bits per heavy atom. The fourth-order valence-electron chi connectivity index (χ4n) is 1.25. The molecular formula is C11H16N2O5. The van der Waals surface area contributed by atoms with Crippen LogP contribution in [-0.2, 0) is 9.59 Å². The molecule has 0 saturated heterocycles. The maximum atomic E-state index is 11.7. The van der Waals surface area contributed by atoms with E-state index in [1.165, 1.54) is 4.90 Å². The van der Waals surface area contributed by atoms with Gasteiger partial charge in [0.25, 0.3) is 0 Å². The van der Waals surface area contributed by atoms with Crippen molar-refractivity contribution >= 4 is 18.0 Å². The molecule has 0 rings (SSSR count). The first-order chi connectivity index (χ1) is 8.42. The molecule has 0 heterocycles. The van der Waals surface area contributed by atoms with E-state index in [4.69, 9.17) is 16.6 Å². The van der Waals surface area contributed by atoms with E-state index in [9.17, 15) is 14.4 Å². The van der Waals surface area contributed by atoms with Crippen LogP contribution < -0.4 is 5.32 Å². The lowest BCUT2D eigenvalue weighted by Gasteiger charge is -2.22. The highest BCUT2D eigenvalue weighted by molar-refractivity contribution is 5.86. The Balaban J connectivity index is 4.60. The van der Waals surface area contributed by atoms with Crippen LogP contribution in [0.3, 0.4) is 0 Å². The lowest BCUT2D eigenvalue weighted by atomic mass is 10.2. The molecule has 0 aliphatic heterocycles. The Bertz CT molecular complexity index is 361. The van der Waals surface area contributed by atoms with Crippen LogP contribution >= 0.6 is 0 Å². The number of aliphatic carboxylic acids is 2. The van der Waals surface area contributed by atoms with Gasteiger partial charge in [0.1, 0.15) is 6.04 Å². The zero-order valence-electron chi connectivity index (χ0n) is 10.0. The molecule has 18 heavy (non-hydrogen) atoms. The number of nitrogens with one attached hydrogen (secondary N) is 1. The fourth-order valence-corrected chi connectivity index (χ4v) is 1.25. The number of hydrogen-bond donors (Lipinski definition) is 3. The second-order valence-corrected chi connectivity index (χ2v) is 3.56. The van der Waals surface area contributed by atoms with E-state index in [1.54, 1.807) is 0 Å². The van der Waals surface area contributed by atoms with Crippen molar-refractivity contribution in [1.29, 1.82) is 0 Å². The van der Waals surface area contributed by atoms with Crippen LogP contribution in [0.15, 0.2) is 0 Å². The largest absolute Gasteiger partial charge is 0.481 e. The molecule has 0 spiro atoms. The number of terminal acetylenes is 1. The van der Waals surface area contributed by atoms with Crippen molar-refractivity contribution in [3.05, 3.63) is 0 Å². The third-order valence-corrected chi connectivity index (χ3v) is 2.04. The summed E-state index contributed by atoms with van der Waals surface area (Å²) in [7, 11) is 0. The van der Waals surface area contributed by atoms with Gasteiger partial charge in [-0.05, 0) is 6.42 Å². The molecule has 0 aromatic heterocycles. The quantitative estimate of drug-likeness (QED) is 0.554. The van der Waals surface area contributed by atoms with Crippen molar-refractivity contribution < 1.29 is 24.6 Å². The van der Waals surface area contributed by atoms with E-state index in [2.05, 4.69) is 11.2 Å². The van der Waals surface area contributed by atoms with Crippen LogP contribution in [0.25, 0.3) is 0 Å². The van der Waals surface area contributed by atoms with Crippen LogP contribution in [0.2, 0.25) is 0 Å². The summed E-state index contributed by atoms with van der Waals surface area (Å²) in [6, 6.07) is -2.14. The lowest BCUT2D eigenvalue weighted by Crippen LogP contribution is -2.49. The Kier molecular flexibility index (Phi) is 6.96. The predicted octanol–water partition coefficient (Wildman–Crippen LogP) is -0.0309. The Labute approximate surface area is 105 Å². The molecule has 7 nitrogen and oxygen atoms in total. The number of carboxylic acids is 2. The van der Waals surface area contributed by atoms with Crippen molar-refractivity contribution in [3.8, 4) is 12.3 Å². The number of urea groups is 1. The monoisotopic (exact) mass is 256 g/mol. The number of amides is 2. The van der Waals surface area contributed by atoms with E-state index in [1.807, 2.05) is 6.92 Å². The average molecular weight is 256 g/mol. The van der Waals surface area contributed by atoms with E-state index in [0.29, 0.717) is 13.0 Å². The van der Waals surface area contributed by atoms with Gasteiger partial charge in [-0.15, -0.1) is 6.42 Å². The first kappa shape index (κ1) is 15.8. The molecule has 0 aromatic rings. The van der Waals surface area contributed by atoms with Crippen molar-refractivity contribution in [2.75, 3.05) is 13.1 Å². The molecular weight excluding hydrogens is 240 g/mol. The van der Waals surface area contributed by atoms with Gasteiger partial charge in [-0.1, -0.05) is 12.8 Å². The summed E-state index contributed by atoms with van der Waals surface area (Å²) in [5, 5.41) is 19.4. The van der Waals surface area contributed by atoms with Crippen LogP contribution in [0.1, 0.15) is 19.8 Å². The normalized spacial score (nSPS) is 11.1. The summed E-state index contributed by atoms with van der Waals surface area (Å²) < 4.78 is 0. The van der Waals surface area contributed by atoms with Gasteiger partial charge in [0.15, 0.2) is 0 Å². The summed E-state index contributed by atoms with van der Waals surface area (Å²) in [6.45, 7) is 2.25.